The monoisotopic (exact) mass is 271 g/mol. The van der Waals surface area contributed by atoms with Gasteiger partial charge in [0.15, 0.2) is 0 Å². The van der Waals surface area contributed by atoms with Crippen molar-refractivity contribution < 1.29 is 0 Å². The van der Waals surface area contributed by atoms with E-state index < -0.39 is 0 Å². The van der Waals surface area contributed by atoms with Crippen LogP contribution >= 0.6 is 11.3 Å². The van der Waals surface area contributed by atoms with Gasteiger partial charge in [-0.2, -0.15) is 0 Å². The maximum Gasteiger partial charge on any atom is 0.144 e. The number of aryl methyl sites for hydroxylation is 1. The molecule has 3 rings (SSSR count). The molecule has 0 radical (unpaired) electrons. The van der Waals surface area contributed by atoms with Crippen LogP contribution in [-0.4, -0.2) is 9.55 Å². The number of hydrogen-bond donors (Lipinski definition) is 1. The first-order chi connectivity index (χ1) is 9.08. The molecule has 2 aromatic heterocycles. The van der Waals surface area contributed by atoms with Gasteiger partial charge in [0.25, 0.3) is 0 Å². The number of hydrogen-bond acceptors (Lipinski definition) is 3. The van der Waals surface area contributed by atoms with Gasteiger partial charge >= 0.3 is 0 Å². The van der Waals surface area contributed by atoms with E-state index in [1.807, 2.05) is 12.1 Å². The first-order valence-corrected chi connectivity index (χ1v) is 7.23. The summed E-state index contributed by atoms with van der Waals surface area (Å²) in [6, 6.07) is 10.7. The number of nitrogens with two attached hydrogens (primary N) is 1. The smallest absolute Gasteiger partial charge is 0.144 e. The molecule has 2 N–H and O–H groups in total. The molecule has 0 aliphatic heterocycles. The Morgan fingerprint density at radius 3 is 2.63 bits per heavy atom. The SMILES string of the molecule is Cc1cc(-c2nc3ccccc3n2C(C)C)c(N)s1. The molecule has 0 bridgehead atoms. The first kappa shape index (κ1) is 12.2. The molecule has 0 saturated heterocycles. The molecule has 19 heavy (non-hydrogen) atoms. The second-order valence-corrected chi connectivity index (χ2v) is 6.31. The number of nitrogen functional groups attached to an aromatic ring is 1. The van der Waals surface area contributed by atoms with E-state index >= 15 is 0 Å². The fourth-order valence-electron chi connectivity index (χ4n) is 2.46. The third kappa shape index (κ3) is 1.92. The highest BCUT2D eigenvalue weighted by Crippen LogP contribution is 2.36. The van der Waals surface area contributed by atoms with Crippen molar-refractivity contribution in [3.05, 3.63) is 35.2 Å². The number of imidazole rings is 1. The molecule has 0 saturated carbocycles. The minimum atomic E-state index is 0.349. The van der Waals surface area contributed by atoms with Crippen LogP contribution in [0.4, 0.5) is 5.00 Å². The van der Waals surface area contributed by atoms with Gasteiger partial charge in [-0.1, -0.05) is 12.1 Å². The molecule has 0 amide bonds. The number of rotatable bonds is 2. The number of aromatic nitrogens is 2. The molecule has 2 heterocycles. The molecule has 0 atom stereocenters. The summed E-state index contributed by atoms with van der Waals surface area (Å²) in [7, 11) is 0. The Kier molecular flexibility index (Phi) is 2.82. The van der Waals surface area contributed by atoms with Crippen LogP contribution in [0.25, 0.3) is 22.4 Å². The van der Waals surface area contributed by atoms with Gasteiger partial charge in [0.05, 0.1) is 21.6 Å². The highest BCUT2D eigenvalue weighted by Gasteiger charge is 2.17. The average molecular weight is 271 g/mol. The molecule has 0 spiro atoms. The summed E-state index contributed by atoms with van der Waals surface area (Å²) in [5.74, 6) is 0.970. The van der Waals surface area contributed by atoms with E-state index in [0.29, 0.717) is 6.04 Å². The summed E-state index contributed by atoms with van der Waals surface area (Å²) >= 11 is 1.62. The van der Waals surface area contributed by atoms with Crippen molar-refractivity contribution in [2.75, 3.05) is 5.73 Å². The molecule has 1 aromatic carbocycles. The fraction of sp³-hybridized carbons (Fsp3) is 0.267. The summed E-state index contributed by atoms with van der Waals surface area (Å²) in [5, 5.41) is 0.842. The summed E-state index contributed by atoms with van der Waals surface area (Å²) in [6.45, 7) is 6.42. The van der Waals surface area contributed by atoms with Gasteiger partial charge in [-0.15, -0.1) is 11.3 Å². The van der Waals surface area contributed by atoms with E-state index in [1.165, 1.54) is 4.88 Å². The Balaban J connectivity index is 2.34. The first-order valence-electron chi connectivity index (χ1n) is 6.41. The molecular formula is C15H17N3S. The van der Waals surface area contributed by atoms with Crippen LogP contribution in [0.5, 0.6) is 0 Å². The minimum Gasteiger partial charge on any atom is -0.390 e. The van der Waals surface area contributed by atoms with Crippen molar-refractivity contribution in [1.29, 1.82) is 0 Å². The van der Waals surface area contributed by atoms with Crippen molar-refractivity contribution in [1.82, 2.24) is 9.55 Å². The quantitative estimate of drug-likeness (QED) is 0.757. The Hall–Kier alpha value is -1.81. The Morgan fingerprint density at radius 1 is 1.26 bits per heavy atom. The highest BCUT2D eigenvalue weighted by molar-refractivity contribution is 7.16. The van der Waals surface area contributed by atoms with Crippen molar-refractivity contribution in [3.8, 4) is 11.4 Å². The van der Waals surface area contributed by atoms with Crippen LogP contribution in [0.2, 0.25) is 0 Å². The molecular weight excluding hydrogens is 254 g/mol. The number of anilines is 1. The molecule has 0 aliphatic rings. The molecule has 4 heteroatoms. The lowest BCUT2D eigenvalue weighted by Gasteiger charge is -2.12. The van der Waals surface area contributed by atoms with E-state index in [-0.39, 0.29) is 0 Å². The summed E-state index contributed by atoms with van der Waals surface area (Å²) in [5.41, 5.74) is 9.36. The third-order valence-corrected chi connectivity index (χ3v) is 4.12. The van der Waals surface area contributed by atoms with Crippen molar-refractivity contribution in [2.24, 2.45) is 0 Å². The van der Waals surface area contributed by atoms with Gasteiger partial charge in [0.2, 0.25) is 0 Å². The van der Waals surface area contributed by atoms with Gasteiger partial charge in [-0.25, -0.2) is 4.98 Å². The summed E-state index contributed by atoms with van der Waals surface area (Å²) in [6.07, 6.45) is 0. The summed E-state index contributed by atoms with van der Waals surface area (Å²) in [4.78, 5) is 5.99. The maximum absolute atomic E-state index is 6.13. The van der Waals surface area contributed by atoms with Crippen molar-refractivity contribution in [2.45, 2.75) is 26.8 Å². The van der Waals surface area contributed by atoms with Gasteiger partial charge < -0.3 is 10.3 Å². The van der Waals surface area contributed by atoms with Crippen LogP contribution in [0.15, 0.2) is 30.3 Å². The Bertz CT molecular complexity index is 737. The molecule has 0 unspecified atom stereocenters. The second-order valence-electron chi connectivity index (χ2n) is 5.02. The van der Waals surface area contributed by atoms with Gasteiger partial charge in [-0.05, 0) is 39.0 Å². The fourth-order valence-corrected chi connectivity index (χ4v) is 3.25. The van der Waals surface area contributed by atoms with E-state index in [0.717, 1.165) is 27.4 Å². The largest absolute Gasteiger partial charge is 0.390 e. The van der Waals surface area contributed by atoms with E-state index in [4.69, 9.17) is 10.7 Å². The van der Waals surface area contributed by atoms with Crippen molar-refractivity contribution >= 4 is 27.4 Å². The van der Waals surface area contributed by atoms with Gasteiger partial charge in [0.1, 0.15) is 5.82 Å². The number of thiophene rings is 1. The predicted molar refractivity (Wildman–Crippen MR) is 82.6 cm³/mol. The molecule has 3 aromatic rings. The van der Waals surface area contributed by atoms with Crippen molar-refractivity contribution in [3.63, 3.8) is 0 Å². The average Bonchev–Trinajstić information content (AvgIpc) is 2.88. The van der Waals surface area contributed by atoms with Gasteiger partial charge in [0, 0.05) is 10.9 Å². The Morgan fingerprint density at radius 2 is 2.00 bits per heavy atom. The second kappa shape index (κ2) is 4.38. The lowest BCUT2D eigenvalue weighted by molar-refractivity contribution is 0.624. The topological polar surface area (TPSA) is 43.8 Å². The van der Waals surface area contributed by atoms with Gasteiger partial charge in [-0.3, -0.25) is 0 Å². The standard InChI is InChI=1S/C15H17N3S/c1-9(2)18-13-7-5-4-6-12(13)17-15(18)11-8-10(3)19-14(11)16/h4-9H,16H2,1-3H3. The normalized spacial score (nSPS) is 11.6. The Labute approximate surface area is 116 Å². The number of fused-ring (bicyclic) bond motifs is 1. The zero-order valence-electron chi connectivity index (χ0n) is 11.3. The summed E-state index contributed by atoms with van der Waals surface area (Å²) < 4.78 is 2.26. The van der Waals surface area contributed by atoms with Crippen LogP contribution in [0.1, 0.15) is 24.8 Å². The van der Waals surface area contributed by atoms with Crippen LogP contribution < -0.4 is 5.73 Å². The third-order valence-electron chi connectivity index (χ3n) is 3.24. The number of benzene rings is 1. The van der Waals surface area contributed by atoms with E-state index in [2.05, 4.69) is 43.5 Å². The zero-order valence-corrected chi connectivity index (χ0v) is 12.2. The number of nitrogens with zero attached hydrogens (tertiary/aromatic N) is 2. The molecule has 3 nitrogen and oxygen atoms in total. The lowest BCUT2D eigenvalue weighted by Crippen LogP contribution is -2.03. The molecule has 0 fully saturated rings. The van der Waals surface area contributed by atoms with E-state index in [9.17, 15) is 0 Å². The van der Waals surface area contributed by atoms with E-state index in [1.54, 1.807) is 11.3 Å². The highest BCUT2D eigenvalue weighted by atomic mass is 32.1. The predicted octanol–water partition coefficient (Wildman–Crippen LogP) is 4.24. The zero-order chi connectivity index (χ0) is 13.6. The minimum absolute atomic E-state index is 0.349. The van der Waals surface area contributed by atoms with Crippen LogP contribution in [0, 0.1) is 6.92 Å². The maximum atomic E-state index is 6.13. The number of para-hydroxylation sites is 2. The van der Waals surface area contributed by atoms with Crippen LogP contribution in [0.3, 0.4) is 0 Å². The van der Waals surface area contributed by atoms with Crippen LogP contribution in [-0.2, 0) is 0 Å². The lowest BCUT2D eigenvalue weighted by atomic mass is 10.2. The molecule has 98 valence electrons. The molecule has 0 aliphatic carbocycles.